The Hall–Kier alpha value is -2.25. The molecule has 0 saturated heterocycles. The van der Waals surface area contributed by atoms with E-state index in [0.29, 0.717) is 23.7 Å². The van der Waals surface area contributed by atoms with Gasteiger partial charge < -0.3 is 10.1 Å². The predicted octanol–water partition coefficient (Wildman–Crippen LogP) is 3.64. The smallest absolute Gasteiger partial charge is 0.243 e. The first kappa shape index (κ1) is 23.0. The number of benzene rings is 2. The van der Waals surface area contributed by atoms with Crippen LogP contribution in [0, 0.1) is 0 Å². The lowest BCUT2D eigenvalue weighted by molar-refractivity contribution is -0.122. The molecule has 29 heavy (non-hydrogen) atoms. The van der Waals surface area contributed by atoms with E-state index in [0.717, 1.165) is 34.7 Å². The number of aryl methyl sites for hydroxylation is 1. The number of hydrogen-bond donors (Lipinski definition) is 1. The highest BCUT2D eigenvalue weighted by Gasteiger charge is 2.31. The summed E-state index contributed by atoms with van der Waals surface area (Å²) in [6, 6.07) is 13.4. The quantitative estimate of drug-likeness (QED) is 0.574. The van der Waals surface area contributed by atoms with Gasteiger partial charge in [-0.3, -0.25) is 9.10 Å². The second-order valence-electron chi connectivity index (χ2n) is 6.71. The molecule has 158 valence electrons. The number of ether oxygens (including phenoxy) is 1. The predicted molar refractivity (Wildman–Crippen MR) is 117 cm³/mol. The fraction of sp³-hybridized carbons (Fsp3) is 0.381. The first-order valence-electron chi connectivity index (χ1n) is 9.42. The summed E-state index contributed by atoms with van der Waals surface area (Å²) in [6.45, 7) is 2.23. The summed E-state index contributed by atoms with van der Waals surface area (Å²) in [5.74, 6) is 0.474. The third-order valence-electron chi connectivity index (χ3n) is 4.49. The first-order chi connectivity index (χ1) is 13.8. The van der Waals surface area contributed by atoms with Crippen LogP contribution in [-0.2, 0) is 21.2 Å². The molecule has 1 atom stereocenters. The maximum atomic E-state index is 12.7. The average Bonchev–Trinajstić information content (AvgIpc) is 2.68. The molecule has 2 rings (SSSR count). The van der Waals surface area contributed by atoms with Crippen molar-refractivity contribution in [2.45, 2.75) is 32.2 Å². The van der Waals surface area contributed by atoms with Crippen molar-refractivity contribution in [1.82, 2.24) is 5.32 Å². The molecule has 0 unspecified atom stereocenters. The van der Waals surface area contributed by atoms with Gasteiger partial charge in [0.25, 0.3) is 0 Å². The van der Waals surface area contributed by atoms with Crippen LogP contribution in [0.15, 0.2) is 48.5 Å². The van der Waals surface area contributed by atoms with Gasteiger partial charge in [-0.2, -0.15) is 0 Å². The average molecular weight is 439 g/mol. The van der Waals surface area contributed by atoms with Crippen LogP contribution in [0.25, 0.3) is 0 Å². The summed E-state index contributed by atoms with van der Waals surface area (Å²) in [4.78, 5) is 12.7. The van der Waals surface area contributed by atoms with Crippen molar-refractivity contribution in [3.05, 3.63) is 59.1 Å². The standard InChI is InChI=1S/C21H27ClN2O4S/c1-4-20(24(29(3,26)27)18-9-5-8-17(22)15-18)21(25)23-14-6-7-16-10-12-19(28-2)13-11-16/h5,8-13,15,20H,4,6-7,14H2,1-3H3,(H,23,25)/t20-/m0/s1. The van der Waals surface area contributed by atoms with Gasteiger partial charge in [-0.1, -0.05) is 36.7 Å². The molecule has 1 N–H and O–H groups in total. The third-order valence-corrected chi connectivity index (χ3v) is 5.91. The molecule has 1 amide bonds. The molecule has 2 aromatic rings. The molecule has 0 spiro atoms. The Morgan fingerprint density at radius 3 is 2.45 bits per heavy atom. The molecule has 0 saturated carbocycles. The number of sulfonamides is 1. The Bertz CT molecular complexity index is 917. The minimum atomic E-state index is -3.67. The van der Waals surface area contributed by atoms with Crippen molar-refractivity contribution < 1.29 is 17.9 Å². The summed E-state index contributed by atoms with van der Waals surface area (Å²) in [6.07, 6.45) is 2.97. The minimum Gasteiger partial charge on any atom is -0.497 e. The van der Waals surface area contributed by atoms with Crippen molar-refractivity contribution in [2.24, 2.45) is 0 Å². The van der Waals surface area contributed by atoms with E-state index >= 15 is 0 Å². The Labute approximate surface area is 177 Å². The summed E-state index contributed by atoms with van der Waals surface area (Å²) < 4.78 is 31.1. The maximum Gasteiger partial charge on any atom is 0.243 e. The van der Waals surface area contributed by atoms with Crippen LogP contribution in [0.1, 0.15) is 25.3 Å². The third kappa shape index (κ3) is 6.65. The van der Waals surface area contributed by atoms with Gasteiger partial charge in [0, 0.05) is 11.6 Å². The van der Waals surface area contributed by atoms with Crippen molar-refractivity contribution in [3.63, 3.8) is 0 Å². The van der Waals surface area contributed by atoms with Gasteiger partial charge in [-0.15, -0.1) is 0 Å². The van der Waals surface area contributed by atoms with E-state index in [9.17, 15) is 13.2 Å². The highest BCUT2D eigenvalue weighted by Crippen LogP contribution is 2.25. The number of carbonyl (C=O) groups is 1. The van der Waals surface area contributed by atoms with Gasteiger partial charge in [0.05, 0.1) is 19.1 Å². The number of carbonyl (C=O) groups excluding carboxylic acids is 1. The first-order valence-corrected chi connectivity index (χ1v) is 11.6. The van der Waals surface area contributed by atoms with E-state index in [4.69, 9.17) is 16.3 Å². The summed E-state index contributed by atoms with van der Waals surface area (Å²) in [7, 11) is -2.05. The lowest BCUT2D eigenvalue weighted by atomic mass is 10.1. The van der Waals surface area contributed by atoms with Crippen LogP contribution in [0.5, 0.6) is 5.75 Å². The monoisotopic (exact) mass is 438 g/mol. The Kier molecular flexibility index (Phi) is 8.34. The van der Waals surface area contributed by atoms with Crippen LogP contribution >= 0.6 is 11.6 Å². The summed E-state index contributed by atoms with van der Waals surface area (Å²) >= 11 is 6.02. The van der Waals surface area contributed by atoms with Crippen molar-refractivity contribution >= 4 is 33.2 Å². The van der Waals surface area contributed by atoms with E-state index < -0.39 is 16.1 Å². The molecular weight excluding hydrogens is 412 g/mol. The molecule has 0 aliphatic heterocycles. The number of anilines is 1. The van der Waals surface area contributed by atoms with Crippen molar-refractivity contribution in [3.8, 4) is 5.75 Å². The van der Waals surface area contributed by atoms with Crippen LogP contribution in [0.4, 0.5) is 5.69 Å². The zero-order chi connectivity index (χ0) is 21.4. The Morgan fingerprint density at radius 1 is 1.21 bits per heavy atom. The minimum absolute atomic E-state index is 0.326. The number of halogens is 1. The number of hydrogen-bond acceptors (Lipinski definition) is 4. The largest absolute Gasteiger partial charge is 0.497 e. The molecule has 0 heterocycles. The Morgan fingerprint density at radius 2 is 1.90 bits per heavy atom. The SMILES string of the molecule is CC[C@@H](C(=O)NCCCc1ccc(OC)cc1)N(c1cccc(Cl)c1)S(C)(=O)=O. The number of rotatable bonds is 10. The van der Waals surface area contributed by atoms with Crippen molar-refractivity contribution in [1.29, 1.82) is 0 Å². The zero-order valence-corrected chi connectivity index (χ0v) is 18.5. The second kappa shape index (κ2) is 10.5. The lowest BCUT2D eigenvalue weighted by Crippen LogP contribution is -2.49. The van der Waals surface area contributed by atoms with Gasteiger partial charge in [-0.25, -0.2) is 8.42 Å². The van der Waals surface area contributed by atoms with E-state index in [-0.39, 0.29) is 5.91 Å². The molecule has 0 aliphatic carbocycles. The topological polar surface area (TPSA) is 75.7 Å². The highest BCUT2D eigenvalue weighted by atomic mass is 35.5. The zero-order valence-electron chi connectivity index (χ0n) is 16.9. The van der Waals surface area contributed by atoms with Crippen LogP contribution < -0.4 is 14.4 Å². The maximum absolute atomic E-state index is 12.7. The Balaban J connectivity index is 2.01. The normalized spacial score (nSPS) is 12.3. The highest BCUT2D eigenvalue weighted by molar-refractivity contribution is 7.92. The van der Waals surface area contributed by atoms with Crippen molar-refractivity contribution in [2.75, 3.05) is 24.2 Å². The number of nitrogens with one attached hydrogen (secondary N) is 1. The number of nitrogens with zero attached hydrogens (tertiary/aromatic N) is 1. The molecular formula is C21H27ClN2O4S. The van der Waals surface area contributed by atoms with E-state index in [2.05, 4.69) is 5.32 Å². The molecule has 0 radical (unpaired) electrons. The fourth-order valence-electron chi connectivity index (χ4n) is 3.09. The summed E-state index contributed by atoms with van der Waals surface area (Å²) in [5, 5.41) is 3.27. The van der Waals surface area contributed by atoms with Crippen LogP contribution in [0.3, 0.4) is 0 Å². The van der Waals surface area contributed by atoms with Gasteiger partial charge >= 0.3 is 0 Å². The second-order valence-corrected chi connectivity index (χ2v) is 9.00. The molecule has 0 aromatic heterocycles. The van der Waals surface area contributed by atoms with E-state index in [1.54, 1.807) is 38.3 Å². The molecule has 6 nitrogen and oxygen atoms in total. The van der Waals surface area contributed by atoms with E-state index in [1.807, 2.05) is 24.3 Å². The van der Waals surface area contributed by atoms with E-state index in [1.165, 1.54) is 0 Å². The molecule has 0 fully saturated rings. The summed E-state index contributed by atoms with van der Waals surface area (Å²) in [5.41, 5.74) is 1.52. The lowest BCUT2D eigenvalue weighted by Gasteiger charge is -2.30. The van der Waals surface area contributed by atoms with Gasteiger partial charge in [0.2, 0.25) is 15.9 Å². The molecule has 0 bridgehead atoms. The van der Waals surface area contributed by atoms with Gasteiger partial charge in [0.15, 0.2) is 0 Å². The molecule has 2 aromatic carbocycles. The fourth-order valence-corrected chi connectivity index (χ4v) is 4.48. The van der Waals surface area contributed by atoms with Gasteiger partial charge in [0.1, 0.15) is 11.8 Å². The van der Waals surface area contributed by atoms with Crippen LogP contribution in [-0.4, -0.2) is 40.3 Å². The van der Waals surface area contributed by atoms with Gasteiger partial charge in [-0.05, 0) is 55.2 Å². The van der Waals surface area contributed by atoms with Crippen LogP contribution in [0.2, 0.25) is 5.02 Å². The molecule has 8 heteroatoms. The number of methoxy groups -OCH3 is 1. The molecule has 0 aliphatic rings. The number of amides is 1.